The van der Waals surface area contributed by atoms with Crippen LogP contribution in [0, 0.1) is 0 Å². The summed E-state index contributed by atoms with van der Waals surface area (Å²) in [5, 5.41) is 0. The van der Waals surface area contributed by atoms with Crippen molar-refractivity contribution < 1.29 is 42.1 Å². The third-order valence-electron chi connectivity index (χ3n) is 11.5. The average Bonchev–Trinajstić information content (AvgIpc) is 3.23. The van der Waals surface area contributed by atoms with E-state index in [0.29, 0.717) is 17.4 Å². The topological polar surface area (TPSA) is 108 Å². The van der Waals surface area contributed by atoms with Crippen molar-refractivity contribution >= 4 is 19.8 Å². The fraction of sp³-hybridized carbons (Fsp3) is 0.885. The molecule has 0 bridgehead atoms. The molecule has 62 heavy (non-hydrogen) atoms. The van der Waals surface area contributed by atoms with Crippen LogP contribution >= 0.6 is 7.82 Å². The number of unbranched alkanes of at least 4 members (excludes halogenated alkanes) is 30. The van der Waals surface area contributed by atoms with Crippen LogP contribution in [0.5, 0.6) is 0 Å². The van der Waals surface area contributed by atoms with E-state index >= 15 is 0 Å². The van der Waals surface area contributed by atoms with Gasteiger partial charge in [-0.15, -0.1) is 0 Å². The fourth-order valence-electron chi connectivity index (χ4n) is 7.37. The lowest BCUT2D eigenvalue weighted by Crippen LogP contribution is -2.37. The van der Waals surface area contributed by atoms with Gasteiger partial charge in [-0.25, -0.2) is 4.57 Å². The van der Waals surface area contributed by atoms with Crippen molar-refractivity contribution in [2.24, 2.45) is 0 Å². The number of rotatable bonds is 48. The van der Waals surface area contributed by atoms with Gasteiger partial charge in [-0.1, -0.05) is 199 Å². The maximum atomic E-state index is 12.7. The third kappa shape index (κ3) is 48.0. The molecule has 10 heteroatoms. The molecule has 9 nitrogen and oxygen atoms in total. The van der Waals surface area contributed by atoms with Crippen LogP contribution < -0.4 is 0 Å². The Morgan fingerprint density at radius 1 is 0.484 bits per heavy atom. The number of phosphoric acid groups is 1. The van der Waals surface area contributed by atoms with Crippen molar-refractivity contribution in [1.29, 1.82) is 0 Å². The Morgan fingerprint density at radius 3 is 1.24 bits per heavy atom. The standard InChI is InChI=1S/C52H100NO8P/c1-6-8-10-12-14-16-18-20-22-23-24-25-26-27-28-29-31-33-35-37-39-41-43-45-52(55)61-50(49-60-62(56,57)59-47-46-53(3,4)5)48-58-51(54)44-42-40-38-36-34-32-30-21-19-17-15-13-11-9-7-2/h21,30,37,39,50H,6-20,22-29,31-36,38,40-49H2,1-5H3/p+1/b30-21+,39-37+/t50-/m1/s1. The lowest BCUT2D eigenvalue weighted by atomic mass is 10.0. The van der Waals surface area contributed by atoms with E-state index in [2.05, 4.69) is 38.2 Å². The van der Waals surface area contributed by atoms with Crippen LogP contribution in [-0.4, -0.2) is 74.9 Å². The minimum Gasteiger partial charge on any atom is -0.462 e. The fourth-order valence-corrected chi connectivity index (χ4v) is 8.11. The van der Waals surface area contributed by atoms with Crippen molar-refractivity contribution in [3.05, 3.63) is 24.3 Å². The number of hydrogen-bond acceptors (Lipinski definition) is 7. The number of carbonyl (C=O) groups is 2. The molecule has 1 unspecified atom stereocenters. The second-order valence-electron chi connectivity index (χ2n) is 18.9. The molecule has 0 rings (SSSR count). The molecular formula is C52H101NO8P+. The number of hydrogen-bond donors (Lipinski definition) is 1. The Bertz CT molecular complexity index is 1110. The van der Waals surface area contributed by atoms with Gasteiger partial charge in [0, 0.05) is 12.8 Å². The van der Waals surface area contributed by atoms with Crippen molar-refractivity contribution in [1.82, 2.24) is 0 Å². The van der Waals surface area contributed by atoms with Crippen LogP contribution in [0.3, 0.4) is 0 Å². The second kappa shape index (κ2) is 44.7. The summed E-state index contributed by atoms with van der Waals surface area (Å²) in [4.78, 5) is 35.5. The molecule has 0 saturated heterocycles. The average molecular weight is 899 g/mol. The zero-order valence-electron chi connectivity index (χ0n) is 41.4. The zero-order valence-corrected chi connectivity index (χ0v) is 42.3. The number of ether oxygens (including phenoxy) is 2. The molecular weight excluding hydrogens is 798 g/mol. The van der Waals surface area contributed by atoms with Gasteiger partial charge in [0.25, 0.3) is 0 Å². The molecule has 0 aromatic heterocycles. The van der Waals surface area contributed by atoms with Crippen molar-refractivity contribution in [2.45, 2.75) is 251 Å². The Kier molecular flexibility index (Phi) is 43.6. The van der Waals surface area contributed by atoms with E-state index in [1.54, 1.807) is 0 Å². The summed E-state index contributed by atoms with van der Waals surface area (Å²) < 4.78 is 34.4. The number of carbonyl (C=O) groups excluding carboxylic acids is 2. The number of quaternary nitrogens is 1. The molecule has 0 aromatic rings. The first-order chi connectivity index (χ1) is 30.0. The smallest absolute Gasteiger partial charge is 0.462 e. The third-order valence-corrected chi connectivity index (χ3v) is 12.4. The maximum Gasteiger partial charge on any atom is 0.472 e. The Balaban J connectivity index is 4.24. The van der Waals surface area contributed by atoms with Gasteiger partial charge in [-0.2, -0.15) is 0 Å². The monoisotopic (exact) mass is 899 g/mol. The molecule has 0 aromatic carbocycles. The predicted octanol–water partition coefficient (Wildman–Crippen LogP) is 15.5. The molecule has 0 radical (unpaired) electrons. The molecule has 366 valence electrons. The van der Waals surface area contributed by atoms with E-state index in [-0.39, 0.29) is 32.0 Å². The van der Waals surface area contributed by atoms with E-state index in [4.69, 9.17) is 18.5 Å². The van der Waals surface area contributed by atoms with E-state index in [1.165, 1.54) is 161 Å². The first-order valence-electron chi connectivity index (χ1n) is 26.1. The van der Waals surface area contributed by atoms with Crippen molar-refractivity contribution in [3.63, 3.8) is 0 Å². The van der Waals surface area contributed by atoms with Gasteiger partial charge in [0.2, 0.25) is 0 Å². The van der Waals surface area contributed by atoms with E-state index in [1.807, 2.05) is 21.1 Å². The lowest BCUT2D eigenvalue weighted by molar-refractivity contribution is -0.870. The van der Waals surface area contributed by atoms with E-state index in [9.17, 15) is 19.0 Å². The van der Waals surface area contributed by atoms with Gasteiger partial charge < -0.3 is 18.9 Å². The van der Waals surface area contributed by atoms with Crippen LogP contribution in [0.1, 0.15) is 245 Å². The predicted molar refractivity (Wildman–Crippen MR) is 261 cm³/mol. The molecule has 0 amide bonds. The minimum atomic E-state index is -4.39. The summed E-state index contributed by atoms with van der Waals surface area (Å²) in [6.07, 6.45) is 51.0. The molecule has 0 fully saturated rings. The largest absolute Gasteiger partial charge is 0.472 e. The molecule has 0 saturated carbocycles. The lowest BCUT2D eigenvalue weighted by Gasteiger charge is -2.24. The van der Waals surface area contributed by atoms with Crippen LogP contribution in [0.2, 0.25) is 0 Å². The van der Waals surface area contributed by atoms with Gasteiger partial charge in [0.1, 0.15) is 19.8 Å². The highest BCUT2D eigenvalue weighted by atomic mass is 31.2. The normalized spacial score (nSPS) is 13.6. The number of esters is 2. The first-order valence-corrected chi connectivity index (χ1v) is 27.6. The minimum absolute atomic E-state index is 0.0275. The van der Waals surface area contributed by atoms with E-state index in [0.717, 1.165) is 51.4 Å². The number of likely N-dealkylation sites (N-methyl/N-ethyl adjacent to an activating group) is 1. The number of allylic oxidation sites excluding steroid dienone is 4. The molecule has 0 spiro atoms. The molecule has 0 aliphatic rings. The Hall–Kier alpha value is -1.51. The molecule has 0 aliphatic carbocycles. The molecule has 2 atom stereocenters. The highest BCUT2D eigenvalue weighted by Crippen LogP contribution is 2.43. The van der Waals surface area contributed by atoms with Gasteiger partial charge in [0.15, 0.2) is 6.10 Å². The molecule has 0 heterocycles. The van der Waals surface area contributed by atoms with Crippen molar-refractivity contribution in [2.75, 3.05) is 47.5 Å². The SMILES string of the molecule is CCCCCCCC/C=C/CCCCCCCC(=O)OC[C@H](COP(=O)(O)OCC[N+](C)(C)C)OC(=O)CCC/C=C/CCCCCCCCCCCCCCCCCCCC. The van der Waals surface area contributed by atoms with Gasteiger partial charge >= 0.3 is 19.8 Å². The highest BCUT2D eigenvalue weighted by Gasteiger charge is 2.27. The van der Waals surface area contributed by atoms with Crippen molar-refractivity contribution in [3.8, 4) is 0 Å². The zero-order chi connectivity index (χ0) is 45.7. The van der Waals surface area contributed by atoms with Gasteiger partial charge in [0.05, 0.1) is 27.7 Å². The Labute approximate surface area is 383 Å². The second-order valence-corrected chi connectivity index (χ2v) is 20.4. The van der Waals surface area contributed by atoms with Crippen LogP contribution in [0.25, 0.3) is 0 Å². The van der Waals surface area contributed by atoms with E-state index < -0.39 is 26.5 Å². The van der Waals surface area contributed by atoms with Gasteiger partial charge in [-0.05, 0) is 57.8 Å². The summed E-state index contributed by atoms with van der Waals surface area (Å²) in [5.41, 5.74) is 0. The number of nitrogens with zero attached hydrogens (tertiary/aromatic N) is 1. The molecule has 0 aliphatic heterocycles. The van der Waals surface area contributed by atoms with Crippen LogP contribution in [-0.2, 0) is 32.7 Å². The van der Waals surface area contributed by atoms with Crippen LogP contribution in [0.4, 0.5) is 0 Å². The van der Waals surface area contributed by atoms with Crippen LogP contribution in [0.15, 0.2) is 24.3 Å². The quantitative estimate of drug-likeness (QED) is 0.0211. The number of phosphoric ester groups is 1. The first kappa shape index (κ1) is 60.5. The maximum absolute atomic E-state index is 12.7. The molecule has 1 N–H and O–H groups in total. The summed E-state index contributed by atoms with van der Waals surface area (Å²) in [7, 11) is 1.47. The summed E-state index contributed by atoms with van der Waals surface area (Å²) in [6.45, 7) is 4.42. The summed E-state index contributed by atoms with van der Waals surface area (Å²) in [5.74, 6) is -0.836. The summed E-state index contributed by atoms with van der Waals surface area (Å²) >= 11 is 0. The van der Waals surface area contributed by atoms with Gasteiger partial charge in [-0.3, -0.25) is 18.6 Å². The Morgan fingerprint density at radius 2 is 0.839 bits per heavy atom. The highest BCUT2D eigenvalue weighted by molar-refractivity contribution is 7.47. The summed E-state index contributed by atoms with van der Waals surface area (Å²) in [6, 6.07) is 0.